The van der Waals surface area contributed by atoms with E-state index in [4.69, 9.17) is 4.52 Å². The van der Waals surface area contributed by atoms with Crippen molar-refractivity contribution in [2.75, 3.05) is 10.6 Å². The first kappa shape index (κ1) is 15.5. The Morgan fingerprint density at radius 2 is 1.65 bits per heavy atom. The third-order valence-corrected chi connectivity index (χ3v) is 4.02. The molecule has 7 heteroatoms. The van der Waals surface area contributed by atoms with E-state index in [1.54, 1.807) is 0 Å². The average molecular weight is 374 g/mol. The third kappa shape index (κ3) is 3.87. The number of aryl methyl sites for hydroxylation is 3. The van der Waals surface area contributed by atoms with E-state index in [0.717, 1.165) is 15.9 Å². The second-order valence-electron chi connectivity index (χ2n) is 5.22. The lowest BCUT2D eigenvalue weighted by atomic mass is 10.2. The molecule has 0 atom stereocenters. The number of rotatable bonds is 4. The average Bonchev–Trinajstić information content (AvgIpc) is 2.87. The van der Waals surface area contributed by atoms with Crippen LogP contribution in [0.25, 0.3) is 0 Å². The topological polar surface area (TPSA) is 75.9 Å². The minimum atomic E-state index is 0.615. The molecule has 0 aliphatic rings. The summed E-state index contributed by atoms with van der Waals surface area (Å²) in [4.78, 5) is 8.77. The van der Waals surface area contributed by atoms with Crippen molar-refractivity contribution in [1.29, 1.82) is 0 Å². The van der Waals surface area contributed by atoms with E-state index in [9.17, 15) is 0 Å². The second-order valence-corrected chi connectivity index (χ2v) is 6.08. The van der Waals surface area contributed by atoms with Gasteiger partial charge in [0.05, 0.1) is 0 Å². The number of anilines is 4. The Balaban J connectivity index is 1.83. The summed E-state index contributed by atoms with van der Waals surface area (Å²) in [5, 5.41) is 10.3. The molecule has 118 valence electrons. The molecule has 2 aromatic heterocycles. The molecule has 3 rings (SSSR count). The molecular formula is C16H16BrN5O. The van der Waals surface area contributed by atoms with Crippen LogP contribution in [0.15, 0.2) is 39.3 Å². The summed E-state index contributed by atoms with van der Waals surface area (Å²) in [6.07, 6.45) is 0. The van der Waals surface area contributed by atoms with Crippen molar-refractivity contribution in [3.63, 3.8) is 0 Å². The van der Waals surface area contributed by atoms with Gasteiger partial charge in [0.1, 0.15) is 23.2 Å². The number of hydrogen-bond donors (Lipinski definition) is 2. The molecule has 0 unspecified atom stereocenters. The number of halogens is 1. The quantitative estimate of drug-likeness (QED) is 0.693. The minimum Gasteiger partial charge on any atom is -0.360 e. The van der Waals surface area contributed by atoms with Crippen molar-refractivity contribution in [2.45, 2.75) is 20.8 Å². The lowest BCUT2D eigenvalue weighted by Crippen LogP contribution is -2.01. The number of nitrogens with zero attached hydrogens (tertiary/aromatic N) is 3. The van der Waals surface area contributed by atoms with E-state index in [0.29, 0.717) is 23.3 Å². The molecule has 0 fully saturated rings. The summed E-state index contributed by atoms with van der Waals surface area (Å²) in [5.74, 6) is 3.37. The van der Waals surface area contributed by atoms with Gasteiger partial charge in [-0.15, -0.1) is 0 Å². The number of aromatic nitrogens is 3. The van der Waals surface area contributed by atoms with Crippen LogP contribution < -0.4 is 10.6 Å². The maximum atomic E-state index is 5.04. The normalized spacial score (nSPS) is 10.6. The predicted molar refractivity (Wildman–Crippen MR) is 93.5 cm³/mol. The predicted octanol–water partition coefficient (Wildman–Crippen LogP) is 4.64. The smallest absolute Gasteiger partial charge is 0.175 e. The Morgan fingerprint density at radius 3 is 2.30 bits per heavy atom. The lowest BCUT2D eigenvalue weighted by Gasteiger charge is -2.10. The summed E-state index contributed by atoms with van der Waals surface area (Å²) in [6, 6.07) is 9.69. The fraction of sp³-hybridized carbons (Fsp3) is 0.188. The van der Waals surface area contributed by atoms with E-state index in [1.807, 2.05) is 51.1 Å². The van der Waals surface area contributed by atoms with Crippen LogP contribution in [0.1, 0.15) is 17.1 Å². The van der Waals surface area contributed by atoms with Crippen LogP contribution in [0.3, 0.4) is 0 Å². The zero-order valence-electron chi connectivity index (χ0n) is 13.0. The maximum Gasteiger partial charge on any atom is 0.175 e. The highest BCUT2D eigenvalue weighted by atomic mass is 79.9. The van der Waals surface area contributed by atoms with Crippen LogP contribution in [0, 0.1) is 20.8 Å². The van der Waals surface area contributed by atoms with Crippen LogP contribution in [0.2, 0.25) is 0 Å². The van der Waals surface area contributed by atoms with E-state index >= 15 is 0 Å². The number of benzene rings is 1. The van der Waals surface area contributed by atoms with Crippen LogP contribution in [-0.4, -0.2) is 15.1 Å². The Labute approximate surface area is 142 Å². The monoisotopic (exact) mass is 373 g/mol. The first-order valence-corrected chi connectivity index (χ1v) is 7.88. The molecule has 2 N–H and O–H groups in total. The number of nitrogens with one attached hydrogen (secondary N) is 2. The van der Waals surface area contributed by atoms with Gasteiger partial charge in [-0.1, -0.05) is 27.2 Å². The zero-order valence-corrected chi connectivity index (χ0v) is 14.6. The third-order valence-electron chi connectivity index (χ3n) is 3.17. The van der Waals surface area contributed by atoms with Crippen LogP contribution in [-0.2, 0) is 0 Å². The van der Waals surface area contributed by atoms with Crippen molar-refractivity contribution in [3.05, 3.63) is 52.0 Å². The zero-order chi connectivity index (χ0) is 16.4. The van der Waals surface area contributed by atoms with Gasteiger partial charge in [0.15, 0.2) is 5.82 Å². The highest BCUT2D eigenvalue weighted by Crippen LogP contribution is 2.24. The van der Waals surface area contributed by atoms with Gasteiger partial charge >= 0.3 is 0 Å². The molecule has 0 spiro atoms. The minimum absolute atomic E-state index is 0.615. The van der Waals surface area contributed by atoms with Gasteiger partial charge in [-0.3, -0.25) is 0 Å². The lowest BCUT2D eigenvalue weighted by molar-refractivity contribution is 0.400. The van der Waals surface area contributed by atoms with Gasteiger partial charge in [0.25, 0.3) is 0 Å². The van der Waals surface area contributed by atoms with Gasteiger partial charge in [-0.05, 0) is 38.5 Å². The molecule has 0 saturated carbocycles. The van der Waals surface area contributed by atoms with E-state index < -0.39 is 0 Å². The SMILES string of the molecule is Cc1nc(Nc2ccc(C)c(Br)c2)cc(Nc2cc(C)on2)n1. The largest absolute Gasteiger partial charge is 0.360 e. The summed E-state index contributed by atoms with van der Waals surface area (Å²) in [6.45, 7) is 5.73. The maximum absolute atomic E-state index is 5.04. The first-order chi connectivity index (χ1) is 11.0. The van der Waals surface area contributed by atoms with Crippen LogP contribution >= 0.6 is 15.9 Å². The summed E-state index contributed by atoms with van der Waals surface area (Å²) in [7, 11) is 0. The van der Waals surface area contributed by atoms with E-state index in [-0.39, 0.29) is 0 Å². The van der Waals surface area contributed by atoms with E-state index in [1.165, 1.54) is 5.56 Å². The molecular weight excluding hydrogens is 358 g/mol. The molecule has 6 nitrogen and oxygen atoms in total. The van der Waals surface area contributed by atoms with Crippen LogP contribution in [0.4, 0.5) is 23.1 Å². The molecule has 2 heterocycles. The first-order valence-electron chi connectivity index (χ1n) is 7.09. The van der Waals surface area contributed by atoms with Gasteiger partial charge in [-0.25, -0.2) is 9.97 Å². The fourth-order valence-electron chi connectivity index (χ4n) is 2.07. The van der Waals surface area contributed by atoms with Gasteiger partial charge in [0, 0.05) is 22.3 Å². The molecule has 0 saturated heterocycles. The van der Waals surface area contributed by atoms with Crippen molar-refractivity contribution in [1.82, 2.24) is 15.1 Å². The highest BCUT2D eigenvalue weighted by Gasteiger charge is 2.06. The molecule has 23 heavy (non-hydrogen) atoms. The number of hydrogen-bond acceptors (Lipinski definition) is 6. The molecule has 0 amide bonds. The molecule has 0 bridgehead atoms. The summed E-state index contributed by atoms with van der Waals surface area (Å²) in [5.41, 5.74) is 2.13. The van der Waals surface area contributed by atoms with E-state index in [2.05, 4.69) is 41.7 Å². The van der Waals surface area contributed by atoms with Crippen molar-refractivity contribution >= 4 is 39.1 Å². The molecule has 1 aromatic carbocycles. The molecule has 0 radical (unpaired) electrons. The molecule has 3 aromatic rings. The van der Waals surface area contributed by atoms with Gasteiger partial charge < -0.3 is 15.2 Å². The Morgan fingerprint density at radius 1 is 0.913 bits per heavy atom. The summed E-state index contributed by atoms with van der Waals surface area (Å²) >= 11 is 3.53. The Hall–Kier alpha value is -2.41. The van der Waals surface area contributed by atoms with Crippen LogP contribution in [0.5, 0.6) is 0 Å². The molecule has 0 aliphatic heterocycles. The van der Waals surface area contributed by atoms with Crippen molar-refractivity contribution in [3.8, 4) is 0 Å². The standard InChI is InChI=1S/C16H16BrN5O/c1-9-4-5-12(7-13(9)17)20-14-8-15(19-11(3)18-14)21-16-6-10(2)23-22-16/h4-8H,1-3H3,(H2,18,19,20,21,22). The van der Waals surface area contributed by atoms with Gasteiger partial charge in [0.2, 0.25) is 0 Å². The van der Waals surface area contributed by atoms with Gasteiger partial charge in [-0.2, -0.15) is 0 Å². The summed E-state index contributed by atoms with van der Waals surface area (Å²) < 4.78 is 6.09. The van der Waals surface area contributed by atoms with Crippen molar-refractivity contribution < 1.29 is 4.52 Å². The Kier molecular flexibility index (Phi) is 4.29. The molecule has 0 aliphatic carbocycles. The Bertz CT molecular complexity index is 846. The highest BCUT2D eigenvalue weighted by molar-refractivity contribution is 9.10. The fourth-order valence-corrected chi connectivity index (χ4v) is 2.45. The second kappa shape index (κ2) is 6.37. The van der Waals surface area contributed by atoms with Crippen molar-refractivity contribution in [2.24, 2.45) is 0 Å².